The first kappa shape index (κ1) is 21.9. The molecule has 38 heavy (non-hydrogen) atoms. The standard InChI is InChI=1S/C37H31N/c1-37(2)32-17-5-6-19-35(32)38-34-21-20-26(23-31(34)30-16-9-18-33(37)36(30)38)25-12-7-13-27(22-25)29-15-8-11-24-10-3-4-14-28(24)29/h3,5-13,15,17-23,30H,4,14,16H2,1-2H3. The third kappa shape index (κ3) is 2.99. The van der Waals surface area contributed by atoms with Gasteiger partial charge >= 0.3 is 0 Å². The average molecular weight is 490 g/mol. The lowest BCUT2D eigenvalue weighted by molar-refractivity contribution is 0.598. The fourth-order valence-corrected chi connectivity index (χ4v) is 7.35. The Morgan fingerprint density at radius 1 is 0.737 bits per heavy atom. The molecule has 2 aliphatic heterocycles. The number of rotatable bonds is 2. The third-order valence-electron chi connectivity index (χ3n) is 9.22. The molecule has 0 aromatic heterocycles. The summed E-state index contributed by atoms with van der Waals surface area (Å²) in [7, 11) is 0. The Morgan fingerprint density at radius 3 is 2.53 bits per heavy atom. The number of allylic oxidation sites excluding steroid dienone is 5. The molecule has 2 aliphatic carbocycles. The Kier molecular flexibility index (Phi) is 4.59. The maximum atomic E-state index is 2.56. The summed E-state index contributed by atoms with van der Waals surface area (Å²) in [5.74, 6) is 0.411. The van der Waals surface area contributed by atoms with Crippen LogP contribution in [0.1, 0.15) is 54.9 Å². The summed E-state index contributed by atoms with van der Waals surface area (Å²) < 4.78 is 0. The van der Waals surface area contributed by atoms with Gasteiger partial charge in [0.05, 0.1) is 0 Å². The fourth-order valence-electron chi connectivity index (χ4n) is 7.35. The molecule has 1 atom stereocenters. The normalized spacial score (nSPS) is 19.6. The molecule has 0 radical (unpaired) electrons. The zero-order valence-electron chi connectivity index (χ0n) is 22.0. The molecule has 0 spiro atoms. The maximum absolute atomic E-state index is 2.56. The van der Waals surface area contributed by atoms with Gasteiger partial charge in [-0.15, -0.1) is 0 Å². The predicted molar refractivity (Wildman–Crippen MR) is 160 cm³/mol. The van der Waals surface area contributed by atoms with Crippen molar-refractivity contribution < 1.29 is 0 Å². The monoisotopic (exact) mass is 489 g/mol. The first-order valence-corrected chi connectivity index (χ1v) is 14.0. The second-order valence-electron chi connectivity index (χ2n) is 11.6. The van der Waals surface area contributed by atoms with E-state index in [9.17, 15) is 0 Å². The number of para-hydroxylation sites is 1. The van der Waals surface area contributed by atoms with Crippen LogP contribution >= 0.6 is 0 Å². The second kappa shape index (κ2) is 7.95. The van der Waals surface area contributed by atoms with Crippen molar-refractivity contribution in [3.8, 4) is 22.3 Å². The first-order chi connectivity index (χ1) is 18.6. The molecule has 184 valence electrons. The van der Waals surface area contributed by atoms with Gasteiger partial charge in [-0.2, -0.15) is 0 Å². The molecule has 4 aromatic rings. The van der Waals surface area contributed by atoms with Crippen LogP contribution in [0.25, 0.3) is 28.3 Å². The van der Waals surface area contributed by atoms with Crippen LogP contribution in [0.15, 0.2) is 114 Å². The fraction of sp³-hybridized carbons (Fsp3) is 0.189. The number of fused-ring (bicyclic) bond motifs is 6. The molecule has 0 bridgehead atoms. The van der Waals surface area contributed by atoms with Crippen molar-refractivity contribution in [3.05, 3.63) is 137 Å². The molecule has 4 aliphatic rings. The molecule has 8 rings (SSSR count). The Balaban J connectivity index is 1.26. The van der Waals surface area contributed by atoms with E-state index in [1.165, 1.54) is 67.2 Å². The van der Waals surface area contributed by atoms with E-state index in [-0.39, 0.29) is 5.41 Å². The molecule has 2 heterocycles. The van der Waals surface area contributed by atoms with Crippen LogP contribution in [0.5, 0.6) is 0 Å². The lowest BCUT2D eigenvalue weighted by atomic mass is 9.70. The molecule has 0 saturated carbocycles. The molecule has 1 heteroatoms. The zero-order valence-corrected chi connectivity index (χ0v) is 22.0. The molecule has 0 amide bonds. The summed E-state index contributed by atoms with van der Waals surface area (Å²) in [6.45, 7) is 4.77. The number of hydrogen-bond donors (Lipinski definition) is 0. The van der Waals surface area contributed by atoms with Crippen molar-refractivity contribution in [1.82, 2.24) is 0 Å². The van der Waals surface area contributed by atoms with Gasteiger partial charge in [0, 0.05) is 28.4 Å². The van der Waals surface area contributed by atoms with Gasteiger partial charge in [-0.3, -0.25) is 0 Å². The SMILES string of the molecule is CC1(C)C2=C3C(CC=C2)c2cc(-c4cccc(-c5cccc6c5CCC=C6)c4)ccc2N3c2ccccc21. The quantitative estimate of drug-likeness (QED) is 0.271. The van der Waals surface area contributed by atoms with Crippen molar-refractivity contribution in [2.24, 2.45) is 0 Å². The molecule has 0 saturated heterocycles. The highest BCUT2D eigenvalue weighted by molar-refractivity contribution is 5.87. The molecule has 4 aromatic carbocycles. The maximum Gasteiger partial charge on any atom is 0.0499 e. The van der Waals surface area contributed by atoms with Crippen molar-refractivity contribution in [1.29, 1.82) is 0 Å². The van der Waals surface area contributed by atoms with Gasteiger partial charge < -0.3 is 4.90 Å². The summed E-state index contributed by atoms with van der Waals surface area (Å²) in [6, 6.07) is 32.0. The van der Waals surface area contributed by atoms with Gasteiger partial charge in [-0.05, 0) is 93.6 Å². The summed E-state index contributed by atoms with van der Waals surface area (Å²) in [4.78, 5) is 2.56. The summed E-state index contributed by atoms with van der Waals surface area (Å²) in [5, 5.41) is 0. The smallest absolute Gasteiger partial charge is 0.0499 e. The van der Waals surface area contributed by atoms with Crippen LogP contribution in [-0.4, -0.2) is 0 Å². The number of anilines is 2. The number of benzene rings is 4. The highest BCUT2D eigenvalue weighted by Crippen LogP contribution is 2.59. The average Bonchev–Trinajstić information content (AvgIpc) is 3.30. The van der Waals surface area contributed by atoms with Crippen molar-refractivity contribution in [2.45, 2.75) is 44.4 Å². The van der Waals surface area contributed by atoms with Crippen molar-refractivity contribution in [3.63, 3.8) is 0 Å². The Bertz CT molecular complexity index is 1730. The van der Waals surface area contributed by atoms with Crippen LogP contribution in [-0.2, 0) is 11.8 Å². The van der Waals surface area contributed by atoms with Crippen LogP contribution in [0.4, 0.5) is 11.4 Å². The van der Waals surface area contributed by atoms with Gasteiger partial charge in [0.15, 0.2) is 0 Å². The topological polar surface area (TPSA) is 3.24 Å². The van der Waals surface area contributed by atoms with Gasteiger partial charge in [0.25, 0.3) is 0 Å². The molecular weight excluding hydrogens is 458 g/mol. The molecule has 1 nitrogen and oxygen atoms in total. The van der Waals surface area contributed by atoms with Crippen LogP contribution in [0, 0.1) is 0 Å². The summed E-state index contributed by atoms with van der Waals surface area (Å²) >= 11 is 0. The van der Waals surface area contributed by atoms with E-state index >= 15 is 0 Å². The highest BCUT2D eigenvalue weighted by Gasteiger charge is 2.46. The number of hydrogen-bond acceptors (Lipinski definition) is 1. The predicted octanol–water partition coefficient (Wildman–Crippen LogP) is 9.72. The molecular formula is C37H31N. The van der Waals surface area contributed by atoms with Crippen molar-refractivity contribution >= 4 is 17.5 Å². The van der Waals surface area contributed by atoms with Crippen LogP contribution in [0.3, 0.4) is 0 Å². The van der Waals surface area contributed by atoms with E-state index in [1.54, 1.807) is 0 Å². The van der Waals surface area contributed by atoms with Gasteiger partial charge in [-0.25, -0.2) is 0 Å². The Labute approximate surface area is 225 Å². The largest absolute Gasteiger partial charge is 0.313 e. The van der Waals surface area contributed by atoms with Gasteiger partial charge in [0.2, 0.25) is 0 Å². The zero-order chi connectivity index (χ0) is 25.4. The Morgan fingerprint density at radius 2 is 1.58 bits per heavy atom. The van der Waals surface area contributed by atoms with Crippen molar-refractivity contribution in [2.75, 3.05) is 4.90 Å². The molecule has 1 unspecified atom stereocenters. The van der Waals surface area contributed by atoms with Gasteiger partial charge in [0.1, 0.15) is 0 Å². The lowest BCUT2D eigenvalue weighted by Crippen LogP contribution is -2.33. The van der Waals surface area contributed by atoms with E-state index in [1.807, 2.05) is 0 Å². The minimum Gasteiger partial charge on any atom is -0.313 e. The third-order valence-corrected chi connectivity index (χ3v) is 9.22. The van der Waals surface area contributed by atoms with E-state index in [2.05, 4.69) is 128 Å². The highest BCUT2D eigenvalue weighted by atomic mass is 15.2. The van der Waals surface area contributed by atoms with E-state index in [4.69, 9.17) is 0 Å². The minimum absolute atomic E-state index is 0.000806. The van der Waals surface area contributed by atoms with Crippen LogP contribution in [0.2, 0.25) is 0 Å². The van der Waals surface area contributed by atoms with E-state index in [0.29, 0.717) is 5.92 Å². The second-order valence-corrected chi connectivity index (χ2v) is 11.6. The summed E-state index contributed by atoms with van der Waals surface area (Å²) in [5.41, 5.74) is 16.6. The lowest BCUT2D eigenvalue weighted by Gasteiger charge is -2.42. The Hall–Kier alpha value is -4.10. The molecule has 0 fully saturated rings. The summed E-state index contributed by atoms with van der Waals surface area (Å²) in [6.07, 6.45) is 12.7. The van der Waals surface area contributed by atoms with Gasteiger partial charge in [-0.1, -0.05) is 98.8 Å². The minimum atomic E-state index is 0.000806. The van der Waals surface area contributed by atoms with Crippen LogP contribution < -0.4 is 4.90 Å². The first-order valence-electron chi connectivity index (χ1n) is 14.0. The van der Waals surface area contributed by atoms with E-state index < -0.39 is 0 Å². The number of nitrogens with zero attached hydrogens (tertiary/aromatic N) is 1. The van der Waals surface area contributed by atoms with E-state index in [0.717, 1.165) is 19.3 Å². The molecule has 0 N–H and O–H groups in total.